The lowest BCUT2D eigenvalue weighted by Crippen LogP contribution is -2.26. The first kappa shape index (κ1) is 14.2. The molecule has 1 atom stereocenters. The third-order valence-corrected chi connectivity index (χ3v) is 2.91. The van der Waals surface area contributed by atoms with Crippen molar-refractivity contribution in [3.05, 3.63) is 33.9 Å². The fourth-order valence-corrected chi connectivity index (χ4v) is 1.99. The largest absolute Gasteiger partial charge is 0.377 e. The molecule has 1 aliphatic heterocycles. The number of nitrogens with one attached hydrogen (secondary N) is 1. The van der Waals surface area contributed by atoms with Gasteiger partial charge >= 0.3 is 0 Å². The van der Waals surface area contributed by atoms with Crippen molar-refractivity contribution in [2.45, 2.75) is 25.7 Å². The average Bonchev–Trinajstić information content (AvgIpc) is 2.75. The van der Waals surface area contributed by atoms with E-state index in [-0.39, 0.29) is 17.4 Å². The molecule has 1 aromatic carbocycles. The molecule has 1 aromatic rings. The number of anilines is 1. The molecule has 7 nitrogen and oxygen atoms in total. The molecule has 0 saturated carbocycles. The third kappa shape index (κ3) is 3.23. The van der Waals surface area contributed by atoms with Gasteiger partial charge in [0.15, 0.2) is 5.79 Å². The molecule has 1 N–H and O–H groups in total. The van der Waals surface area contributed by atoms with E-state index in [0.717, 1.165) is 0 Å². The van der Waals surface area contributed by atoms with Crippen LogP contribution in [0.15, 0.2) is 18.2 Å². The standard InChI is InChI=1S/C13H15N3O4/c1-13(2)19-8-10(20-13)7-15-11-4-3-9(6-14)5-12(11)16(17)18/h3-5,10,15H,7-8H2,1-2H3. The summed E-state index contributed by atoms with van der Waals surface area (Å²) in [4.78, 5) is 10.5. The van der Waals surface area contributed by atoms with Crippen molar-refractivity contribution in [1.82, 2.24) is 0 Å². The van der Waals surface area contributed by atoms with Gasteiger partial charge in [0.25, 0.3) is 5.69 Å². The van der Waals surface area contributed by atoms with Gasteiger partial charge in [-0.25, -0.2) is 0 Å². The molecule has 0 spiro atoms. The van der Waals surface area contributed by atoms with Crippen molar-refractivity contribution in [3.63, 3.8) is 0 Å². The van der Waals surface area contributed by atoms with Gasteiger partial charge in [-0.1, -0.05) is 0 Å². The number of benzene rings is 1. The summed E-state index contributed by atoms with van der Waals surface area (Å²) in [6.45, 7) is 4.47. The summed E-state index contributed by atoms with van der Waals surface area (Å²) in [5.74, 6) is -0.622. The quantitative estimate of drug-likeness (QED) is 0.668. The predicted molar refractivity (Wildman–Crippen MR) is 71.2 cm³/mol. The molecule has 106 valence electrons. The van der Waals surface area contributed by atoms with Crippen LogP contribution in [0.4, 0.5) is 11.4 Å². The van der Waals surface area contributed by atoms with E-state index < -0.39 is 10.7 Å². The van der Waals surface area contributed by atoms with Gasteiger partial charge in [0.1, 0.15) is 11.8 Å². The second-order valence-corrected chi connectivity index (χ2v) is 4.93. The lowest BCUT2D eigenvalue weighted by atomic mass is 10.2. The van der Waals surface area contributed by atoms with Gasteiger partial charge in [0.2, 0.25) is 0 Å². The number of nitro groups is 1. The Balaban J connectivity index is 2.06. The van der Waals surface area contributed by atoms with E-state index in [2.05, 4.69) is 5.32 Å². The topological polar surface area (TPSA) is 97.4 Å². The summed E-state index contributed by atoms with van der Waals surface area (Å²) in [6.07, 6.45) is -0.166. The molecule has 0 radical (unpaired) electrons. The minimum absolute atomic E-state index is 0.123. The number of ether oxygens (including phenoxy) is 2. The van der Waals surface area contributed by atoms with Crippen molar-refractivity contribution in [2.75, 3.05) is 18.5 Å². The van der Waals surface area contributed by atoms with Gasteiger partial charge in [0, 0.05) is 12.6 Å². The van der Waals surface area contributed by atoms with Crippen LogP contribution in [-0.4, -0.2) is 30.0 Å². The van der Waals surface area contributed by atoms with Crippen molar-refractivity contribution in [3.8, 4) is 6.07 Å². The Morgan fingerprint density at radius 2 is 2.35 bits per heavy atom. The van der Waals surface area contributed by atoms with Gasteiger partial charge in [0.05, 0.1) is 23.2 Å². The minimum Gasteiger partial charge on any atom is -0.377 e. The average molecular weight is 277 g/mol. The maximum absolute atomic E-state index is 11.0. The van der Waals surface area contributed by atoms with Crippen LogP contribution in [0.1, 0.15) is 19.4 Å². The summed E-state index contributed by atoms with van der Waals surface area (Å²) in [5.41, 5.74) is 0.494. The Labute approximate surface area is 116 Å². The highest BCUT2D eigenvalue weighted by Crippen LogP contribution is 2.27. The maximum atomic E-state index is 11.0. The number of nitrogens with zero attached hydrogens (tertiary/aromatic N) is 2. The number of nitriles is 1. The number of nitro benzene ring substituents is 1. The Kier molecular flexibility index (Phi) is 3.88. The van der Waals surface area contributed by atoms with Crippen LogP contribution in [0.5, 0.6) is 0 Å². The van der Waals surface area contributed by atoms with Gasteiger partial charge in [-0.15, -0.1) is 0 Å². The van der Waals surface area contributed by atoms with Crippen LogP contribution in [0, 0.1) is 21.4 Å². The molecule has 1 fully saturated rings. The van der Waals surface area contributed by atoms with Crippen LogP contribution in [-0.2, 0) is 9.47 Å². The summed E-state index contributed by atoms with van der Waals surface area (Å²) >= 11 is 0. The molecule has 7 heteroatoms. The van der Waals surface area contributed by atoms with Crippen LogP contribution < -0.4 is 5.32 Å². The number of rotatable bonds is 4. The zero-order valence-electron chi connectivity index (χ0n) is 11.3. The molecule has 0 aliphatic carbocycles. The molecular formula is C13H15N3O4. The van der Waals surface area contributed by atoms with Crippen molar-refractivity contribution < 1.29 is 14.4 Å². The molecule has 0 aromatic heterocycles. The van der Waals surface area contributed by atoms with E-state index in [1.165, 1.54) is 18.2 Å². The Morgan fingerprint density at radius 3 is 2.90 bits per heavy atom. The Bertz CT molecular complexity index is 565. The lowest BCUT2D eigenvalue weighted by Gasteiger charge is -2.17. The molecule has 1 unspecified atom stereocenters. The highest BCUT2D eigenvalue weighted by atomic mass is 16.7. The molecule has 0 bridgehead atoms. The molecule has 20 heavy (non-hydrogen) atoms. The molecular weight excluding hydrogens is 262 g/mol. The van der Waals surface area contributed by atoms with Crippen molar-refractivity contribution >= 4 is 11.4 Å². The first-order valence-electron chi connectivity index (χ1n) is 6.15. The van der Waals surface area contributed by atoms with Crippen molar-refractivity contribution in [1.29, 1.82) is 5.26 Å². The zero-order valence-corrected chi connectivity index (χ0v) is 11.3. The highest BCUT2D eigenvalue weighted by Gasteiger charge is 2.32. The first-order chi connectivity index (χ1) is 9.41. The molecule has 1 aliphatic rings. The second kappa shape index (κ2) is 5.45. The molecule has 2 rings (SSSR count). The summed E-state index contributed by atoms with van der Waals surface area (Å²) in [7, 11) is 0. The SMILES string of the molecule is CC1(C)OCC(CNc2ccc(C#N)cc2[N+](=O)[O-])O1. The van der Waals surface area contributed by atoms with E-state index in [0.29, 0.717) is 18.8 Å². The van der Waals surface area contributed by atoms with Gasteiger partial charge in [-0.3, -0.25) is 10.1 Å². The summed E-state index contributed by atoms with van der Waals surface area (Å²) < 4.78 is 11.0. The fourth-order valence-electron chi connectivity index (χ4n) is 1.99. The van der Waals surface area contributed by atoms with E-state index in [9.17, 15) is 10.1 Å². The Hall–Kier alpha value is -2.17. The van der Waals surface area contributed by atoms with Gasteiger partial charge in [-0.05, 0) is 26.0 Å². The normalized spacial score (nSPS) is 20.4. The van der Waals surface area contributed by atoms with E-state index in [1.54, 1.807) is 0 Å². The zero-order chi connectivity index (χ0) is 14.8. The molecule has 1 heterocycles. The third-order valence-electron chi connectivity index (χ3n) is 2.91. The molecule has 1 saturated heterocycles. The first-order valence-corrected chi connectivity index (χ1v) is 6.15. The van der Waals surface area contributed by atoms with Crippen LogP contribution in [0.3, 0.4) is 0 Å². The van der Waals surface area contributed by atoms with Crippen LogP contribution >= 0.6 is 0 Å². The summed E-state index contributed by atoms with van der Waals surface area (Å²) in [5, 5.41) is 22.7. The van der Waals surface area contributed by atoms with E-state index in [1.807, 2.05) is 19.9 Å². The smallest absolute Gasteiger partial charge is 0.293 e. The van der Waals surface area contributed by atoms with Crippen molar-refractivity contribution in [2.24, 2.45) is 0 Å². The minimum atomic E-state index is -0.622. The van der Waals surface area contributed by atoms with E-state index in [4.69, 9.17) is 14.7 Å². The number of hydrogen-bond acceptors (Lipinski definition) is 6. The lowest BCUT2D eigenvalue weighted by molar-refractivity contribution is -0.384. The van der Waals surface area contributed by atoms with Gasteiger partial charge in [-0.2, -0.15) is 5.26 Å². The fraction of sp³-hybridized carbons (Fsp3) is 0.462. The summed E-state index contributed by atoms with van der Waals surface area (Å²) in [6, 6.07) is 6.19. The maximum Gasteiger partial charge on any atom is 0.293 e. The Morgan fingerprint density at radius 1 is 1.60 bits per heavy atom. The monoisotopic (exact) mass is 277 g/mol. The van der Waals surface area contributed by atoms with E-state index >= 15 is 0 Å². The predicted octanol–water partition coefficient (Wildman–Crippen LogP) is 2.03. The second-order valence-electron chi connectivity index (χ2n) is 4.93. The molecule has 0 amide bonds. The van der Waals surface area contributed by atoms with Crippen LogP contribution in [0.25, 0.3) is 0 Å². The highest BCUT2D eigenvalue weighted by molar-refractivity contribution is 5.64. The van der Waals surface area contributed by atoms with Crippen LogP contribution in [0.2, 0.25) is 0 Å². The van der Waals surface area contributed by atoms with Gasteiger partial charge < -0.3 is 14.8 Å². The number of hydrogen-bond donors (Lipinski definition) is 1.